The summed E-state index contributed by atoms with van der Waals surface area (Å²) in [5.41, 5.74) is 2.05. The van der Waals surface area contributed by atoms with E-state index >= 15 is 0 Å². The van der Waals surface area contributed by atoms with Crippen molar-refractivity contribution in [2.75, 3.05) is 36.0 Å². The molecule has 2 saturated heterocycles. The van der Waals surface area contributed by atoms with Gasteiger partial charge in [0.15, 0.2) is 0 Å². The topological polar surface area (TPSA) is 87.0 Å². The minimum Gasteiger partial charge on any atom is -0.363 e. The van der Waals surface area contributed by atoms with Gasteiger partial charge in [0, 0.05) is 38.8 Å². The second-order valence-electron chi connectivity index (χ2n) is 9.19. The Kier molecular flexibility index (Phi) is 5.85. The summed E-state index contributed by atoms with van der Waals surface area (Å²) < 4.78 is 0. The van der Waals surface area contributed by atoms with Crippen LogP contribution < -0.4 is 9.80 Å². The van der Waals surface area contributed by atoms with E-state index in [2.05, 4.69) is 17.0 Å². The smallest absolute Gasteiger partial charge is 0.294 e. The Bertz CT molecular complexity index is 1040. The van der Waals surface area contributed by atoms with Gasteiger partial charge in [-0.2, -0.15) is 0 Å². The number of imide groups is 1. The molecule has 0 unspecified atom stereocenters. The van der Waals surface area contributed by atoms with Crippen molar-refractivity contribution in [1.29, 1.82) is 0 Å². The second-order valence-corrected chi connectivity index (χ2v) is 9.19. The Hall–Kier alpha value is -3.26. The number of benzene rings is 2. The summed E-state index contributed by atoms with van der Waals surface area (Å²) in [7, 11) is 0. The first-order valence-electron chi connectivity index (χ1n) is 11.7. The van der Waals surface area contributed by atoms with E-state index in [4.69, 9.17) is 0 Å². The molecule has 1 aliphatic carbocycles. The molecule has 2 amide bonds. The van der Waals surface area contributed by atoms with Crippen LogP contribution in [0.5, 0.6) is 0 Å². The number of fused-ring (bicyclic) bond motifs is 1. The van der Waals surface area contributed by atoms with Crippen LogP contribution in [0.15, 0.2) is 48.5 Å². The first kappa shape index (κ1) is 21.6. The molecular formula is C25H28N4O4. The van der Waals surface area contributed by atoms with Crippen LogP contribution in [0, 0.1) is 22.0 Å². The molecule has 1 saturated carbocycles. The van der Waals surface area contributed by atoms with E-state index in [9.17, 15) is 19.7 Å². The zero-order valence-electron chi connectivity index (χ0n) is 18.6. The molecule has 8 nitrogen and oxygen atoms in total. The third-order valence-electron chi connectivity index (χ3n) is 7.22. The molecule has 2 aromatic carbocycles. The van der Waals surface area contributed by atoms with Crippen LogP contribution in [-0.4, -0.2) is 47.8 Å². The van der Waals surface area contributed by atoms with Crippen molar-refractivity contribution < 1.29 is 14.5 Å². The highest BCUT2D eigenvalue weighted by atomic mass is 16.6. The zero-order chi connectivity index (χ0) is 22.9. The van der Waals surface area contributed by atoms with Crippen LogP contribution in [0.25, 0.3) is 0 Å². The summed E-state index contributed by atoms with van der Waals surface area (Å²) in [4.78, 5) is 42.9. The molecule has 0 bridgehead atoms. The van der Waals surface area contributed by atoms with Gasteiger partial charge in [0.1, 0.15) is 5.69 Å². The first-order valence-corrected chi connectivity index (χ1v) is 11.7. The van der Waals surface area contributed by atoms with Gasteiger partial charge in [-0.15, -0.1) is 0 Å². The first-order chi connectivity index (χ1) is 16.0. The third kappa shape index (κ3) is 4.11. The Morgan fingerprint density at radius 3 is 2.12 bits per heavy atom. The van der Waals surface area contributed by atoms with E-state index in [1.165, 1.54) is 16.5 Å². The van der Waals surface area contributed by atoms with Crippen molar-refractivity contribution in [2.24, 2.45) is 11.8 Å². The molecule has 0 aromatic heterocycles. The van der Waals surface area contributed by atoms with E-state index in [0.717, 1.165) is 45.3 Å². The molecule has 0 spiro atoms. The van der Waals surface area contributed by atoms with Crippen molar-refractivity contribution in [3.8, 4) is 0 Å². The van der Waals surface area contributed by atoms with Crippen molar-refractivity contribution >= 4 is 28.9 Å². The van der Waals surface area contributed by atoms with Crippen molar-refractivity contribution in [3.05, 3.63) is 64.2 Å². The van der Waals surface area contributed by atoms with E-state index in [1.54, 1.807) is 12.1 Å². The monoisotopic (exact) mass is 448 g/mol. The largest absolute Gasteiger partial charge is 0.363 e. The number of piperazine rings is 1. The van der Waals surface area contributed by atoms with Gasteiger partial charge < -0.3 is 4.90 Å². The van der Waals surface area contributed by atoms with E-state index < -0.39 is 4.92 Å². The van der Waals surface area contributed by atoms with Crippen molar-refractivity contribution in [2.45, 2.75) is 32.2 Å². The quantitative estimate of drug-likeness (QED) is 0.395. The molecule has 2 atom stereocenters. The third-order valence-corrected chi connectivity index (χ3v) is 7.22. The molecule has 172 valence electrons. The number of amides is 2. The number of anilines is 2. The van der Waals surface area contributed by atoms with Gasteiger partial charge >= 0.3 is 0 Å². The molecule has 3 fully saturated rings. The lowest BCUT2D eigenvalue weighted by Gasteiger charge is -2.36. The van der Waals surface area contributed by atoms with Gasteiger partial charge in [0.25, 0.3) is 5.69 Å². The molecule has 8 heteroatoms. The van der Waals surface area contributed by atoms with Crippen LogP contribution in [0.2, 0.25) is 0 Å². The zero-order valence-corrected chi connectivity index (χ0v) is 18.6. The number of rotatable bonds is 5. The molecule has 2 aliphatic heterocycles. The van der Waals surface area contributed by atoms with E-state index in [1.807, 2.05) is 23.1 Å². The summed E-state index contributed by atoms with van der Waals surface area (Å²) in [6, 6.07) is 15.1. The van der Waals surface area contributed by atoms with Gasteiger partial charge in [0.05, 0.1) is 22.4 Å². The lowest BCUT2D eigenvalue weighted by Crippen LogP contribution is -2.46. The number of carbonyl (C=O) groups excluding carboxylic acids is 2. The Balaban J connectivity index is 1.33. The highest BCUT2D eigenvalue weighted by Gasteiger charge is 2.49. The maximum atomic E-state index is 12.9. The molecule has 0 radical (unpaired) electrons. The fourth-order valence-electron chi connectivity index (χ4n) is 5.47. The number of carbonyl (C=O) groups is 2. The normalized spacial score (nSPS) is 23.6. The van der Waals surface area contributed by atoms with E-state index in [-0.39, 0.29) is 29.3 Å². The SMILES string of the molecule is O=C1[C@H]2CCCC[C@@H]2C(=O)N1c1ccc(N2CCN(Cc3ccccc3)CC2)c([N+](=O)[O-])c1. The van der Waals surface area contributed by atoms with Crippen molar-refractivity contribution in [1.82, 2.24) is 4.90 Å². The predicted molar refractivity (Wildman–Crippen MR) is 125 cm³/mol. The maximum Gasteiger partial charge on any atom is 0.294 e. The fraction of sp³-hybridized carbons (Fsp3) is 0.440. The minimum absolute atomic E-state index is 0.0560. The maximum absolute atomic E-state index is 12.9. The molecule has 3 aliphatic rings. The molecule has 2 aromatic rings. The summed E-state index contributed by atoms with van der Waals surface area (Å²) >= 11 is 0. The average Bonchev–Trinajstić information content (AvgIpc) is 3.10. The molecular weight excluding hydrogens is 420 g/mol. The van der Waals surface area contributed by atoms with Crippen LogP contribution in [-0.2, 0) is 16.1 Å². The number of nitrogens with zero attached hydrogens (tertiary/aromatic N) is 4. The molecule has 5 rings (SSSR count). The molecule has 33 heavy (non-hydrogen) atoms. The number of hydrogen-bond donors (Lipinski definition) is 0. The molecule has 0 N–H and O–H groups in total. The number of hydrogen-bond acceptors (Lipinski definition) is 6. The standard InChI is InChI=1S/C25H28N4O4/c30-24-20-8-4-5-9-21(20)25(31)28(24)19-10-11-22(23(16-19)29(32)33)27-14-12-26(13-15-27)17-18-6-2-1-3-7-18/h1-3,6-7,10-11,16,20-21H,4-5,8-9,12-15,17H2/t20-,21-/m0/s1. The Morgan fingerprint density at radius 2 is 1.52 bits per heavy atom. The van der Waals surface area contributed by atoms with Crippen molar-refractivity contribution in [3.63, 3.8) is 0 Å². The van der Waals surface area contributed by atoms with Crippen LogP contribution in [0.4, 0.5) is 17.1 Å². The van der Waals surface area contributed by atoms with Gasteiger partial charge in [-0.05, 0) is 30.5 Å². The highest BCUT2D eigenvalue weighted by Crippen LogP contribution is 2.42. The van der Waals surface area contributed by atoms with Gasteiger partial charge in [-0.3, -0.25) is 24.6 Å². The average molecular weight is 449 g/mol. The summed E-state index contributed by atoms with van der Waals surface area (Å²) in [5.74, 6) is -0.965. The summed E-state index contributed by atoms with van der Waals surface area (Å²) in [5, 5.41) is 11.9. The number of nitro groups is 1. The molecule has 2 heterocycles. The summed E-state index contributed by atoms with van der Waals surface area (Å²) in [6.45, 7) is 3.83. The predicted octanol–water partition coefficient (Wildman–Crippen LogP) is 3.60. The lowest BCUT2D eigenvalue weighted by molar-refractivity contribution is -0.384. The second kappa shape index (κ2) is 8.94. The van der Waals surface area contributed by atoms with Crippen LogP contribution in [0.3, 0.4) is 0 Å². The van der Waals surface area contributed by atoms with Crippen LogP contribution in [0.1, 0.15) is 31.2 Å². The Labute approximate surface area is 192 Å². The van der Waals surface area contributed by atoms with Gasteiger partial charge in [-0.1, -0.05) is 43.2 Å². The fourth-order valence-corrected chi connectivity index (χ4v) is 5.47. The van der Waals surface area contributed by atoms with Crippen LogP contribution >= 0.6 is 0 Å². The number of nitro benzene ring substituents is 1. The van der Waals surface area contributed by atoms with Gasteiger partial charge in [-0.25, -0.2) is 4.90 Å². The van der Waals surface area contributed by atoms with E-state index in [0.29, 0.717) is 24.5 Å². The van der Waals surface area contributed by atoms with Gasteiger partial charge in [0.2, 0.25) is 11.8 Å². The Morgan fingerprint density at radius 1 is 0.879 bits per heavy atom. The summed E-state index contributed by atoms with van der Waals surface area (Å²) in [6.07, 6.45) is 3.34. The lowest BCUT2D eigenvalue weighted by atomic mass is 9.81. The highest BCUT2D eigenvalue weighted by molar-refractivity contribution is 6.22. The minimum atomic E-state index is -0.409.